The van der Waals surface area contributed by atoms with Crippen LogP contribution in [0.5, 0.6) is 11.5 Å². The van der Waals surface area contributed by atoms with Crippen molar-refractivity contribution >= 4 is 22.7 Å². The smallest absolute Gasteiger partial charge is 0.269 e. The van der Waals surface area contributed by atoms with E-state index in [4.69, 9.17) is 25.6 Å². The van der Waals surface area contributed by atoms with Crippen LogP contribution in [0.3, 0.4) is 0 Å². The number of aromatic nitrogens is 2. The van der Waals surface area contributed by atoms with Gasteiger partial charge >= 0.3 is 0 Å². The molecule has 0 saturated carbocycles. The van der Waals surface area contributed by atoms with Crippen molar-refractivity contribution in [2.75, 3.05) is 13.7 Å². The second-order valence-corrected chi connectivity index (χ2v) is 5.67. The second-order valence-electron chi connectivity index (χ2n) is 5.27. The average Bonchev–Trinajstić information content (AvgIpc) is 3.13. The summed E-state index contributed by atoms with van der Waals surface area (Å²) in [4.78, 5) is 4.24. The highest BCUT2D eigenvalue weighted by Gasteiger charge is 2.12. The van der Waals surface area contributed by atoms with Crippen molar-refractivity contribution in [2.24, 2.45) is 0 Å². The van der Waals surface area contributed by atoms with E-state index < -0.39 is 0 Å². The highest BCUT2D eigenvalue weighted by Crippen LogP contribution is 2.30. The van der Waals surface area contributed by atoms with Crippen molar-refractivity contribution in [1.29, 1.82) is 0 Å². The zero-order chi connectivity index (χ0) is 18.5. The number of hydrogen-bond donors (Lipinski definition) is 0. The lowest BCUT2D eigenvalue weighted by molar-refractivity contribution is 0.311. The third kappa shape index (κ3) is 4.03. The maximum absolute atomic E-state index is 13.0. The highest BCUT2D eigenvalue weighted by atomic mass is 35.5. The number of nitrogens with zero attached hydrogens (tertiary/aromatic N) is 2. The summed E-state index contributed by atoms with van der Waals surface area (Å²) >= 11 is 6.30. The topological polar surface area (TPSA) is 57.4 Å². The van der Waals surface area contributed by atoms with Crippen LogP contribution in [0.1, 0.15) is 18.4 Å². The quantitative estimate of drug-likeness (QED) is 0.606. The molecule has 0 amide bonds. The predicted octanol–water partition coefficient (Wildman–Crippen LogP) is 5.02. The molecular weight excluding hydrogens is 359 g/mol. The van der Waals surface area contributed by atoms with Crippen molar-refractivity contribution in [1.82, 2.24) is 10.1 Å². The fourth-order valence-corrected chi connectivity index (χ4v) is 2.50. The number of rotatable bonds is 6. The standard InChI is InChI=1S/C19H16ClFN2O3/c1-3-25-17-11-12(4-9-16(17)24-2)10-15(20)19-22-18(23-26-19)13-5-7-14(21)8-6-13/h4-11H,3H2,1-2H3/b15-10-. The number of halogens is 2. The summed E-state index contributed by atoms with van der Waals surface area (Å²) in [5.74, 6) is 1.42. The van der Waals surface area contributed by atoms with Crippen molar-refractivity contribution < 1.29 is 18.4 Å². The Bertz CT molecular complexity index is 923. The monoisotopic (exact) mass is 374 g/mol. The maximum Gasteiger partial charge on any atom is 0.269 e. The molecule has 2 aromatic carbocycles. The van der Waals surface area contributed by atoms with Crippen molar-refractivity contribution in [2.45, 2.75) is 6.92 Å². The molecule has 7 heteroatoms. The summed E-state index contributed by atoms with van der Waals surface area (Å²) in [6.07, 6.45) is 1.69. The Morgan fingerprint density at radius 2 is 1.96 bits per heavy atom. The lowest BCUT2D eigenvalue weighted by Gasteiger charge is -2.09. The van der Waals surface area contributed by atoms with Gasteiger partial charge in [-0.2, -0.15) is 4.98 Å². The summed E-state index contributed by atoms with van der Waals surface area (Å²) in [6, 6.07) is 11.2. The van der Waals surface area contributed by atoms with Crippen LogP contribution >= 0.6 is 11.6 Å². The third-order valence-electron chi connectivity index (χ3n) is 3.51. The van der Waals surface area contributed by atoms with E-state index in [-0.39, 0.29) is 16.7 Å². The first-order valence-corrected chi connectivity index (χ1v) is 8.26. The summed E-state index contributed by atoms with van der Waals surface area (Å²) in [5.41, 5.74) is 1.43. The molecule has 1 aromatic heterocycles. The first-order valence-electron chi connectivity index (χ1n) is 7.88. The molecule has 1 heterocycles. The van der Waals surface area contributed by atoms with Gasteiger partial charge in [-0.3, -0.25) is 0 Å². The van der Waals surface area contributed by atoms with Crippen LogP contribution in [0.15, 0.2) is 47.0 Å². The minimum absolute atomic E-state index is 0.166. The fraction of sp³-hybridized carbons (Fsp3) is 0.158. The number of ether oxygens (including phenoxy) is 2. The van der Waals surface area contributed by atoms with Gasteiger partial charge in [0.2, 0.25) is 5.82 Å². The van der Waals surface area contributed by atoms with Gasteiger partial charge in [-0.05, 0) is 55.0 Å². The van der Waals surface area contributed by atoms with Gasteiger partial charge in [-0.25, -0.2) is 4.39 Å². The first kappa shape index (κ1) is 17.9. The van der Waals surface area contributed by atoms with Crippen molar-refractivity contribution in [3.8, 4) is 22.9 Å². The molecule has 0 N–H and O–H groups in total. The fourth-order valence-electron chi connectivity index (χ4n) is 2.30. The van der Waals surface area contributed by atoms with Gasteiger partial charge in [-0.1, -0.05) is 22.8 Å². The van der Waals surface area contributed by atoms with E-state index >= 15 is 0 Å². The molecule has 0 radical (unpaired) electrons. The Balaban J connectivity index is 1.86. The van der Waals surface area contributed by atoms with Crippen LogP contribution in [0.4, 0.5) is 4.39 Å². The molecule has 0 fully saturated rings. The number of hydrogen-bond acceptors (Lipinski definition) is 5. The molecule has 0 unspecified atom stereocenters. The minimum Gasteiger partial charge on any atom is -0.493 e. The van der Waals surface area contributed by atoms with Crippen LogP contribution in [0, 0.1) is 5.82 Å². The Morgan fingerprint density at radius 1 is 1.19 bits per heavy atom. The number of benzene rings is 2. The van der Waals surface area contributed by atoms with Crippen molar-refractivity contribution in [3.05, 3.63) is 59.7 Å². The van der Waals surface area contributed by atoms with Crippen LogP contribution in [0.2, 0.25) is 0 Å². The Labute approximate surface area is 155 Å². The predicted molar refractivity (Wildman–Crippen MR) is 97.6 cm³/mol. The van der Waals surface area contributed by atoms with E-state index in [1.165, 1.54) is 12.1 Å². The molecule has 0 atom stereocenters. The number of methoxy groups -OCH3 is 1. The lowest BCUT2D eigenvalue weighted by Crippen LogP contribution is -1.95. The van der Waals surface area contributed by atoms with Crippen molar-refractivity contribution in [3.63, 3.8) is 0 Å². The molecule has 0 spiro atoms. The summed E-state index contributed by atoms with van der Waals surface area (Å²) in [6.45, 7) is 2.41. The molecule has 0 aliphatic heterocycles. The Kier molecular flexibility index (Phi) is 5.53. The van der Waals surface area contributed by atoms with E-state index in [2.05, 4.69) is 10.1 Å². The summed E-state index contributed by atoms with van der Waals surface area (Å²) in [5, 5.41) is 4.15. The second kappa shape index (κ2) is 8.01. The molecule has 3 aromatic rings. The van der Waals surface area contributed by atoms with Crippen LogP contribution in [-0.4, -0.2) is 23.9 Å². The van der Waals surface area contributed by atoms with E-state index in [0.29, 0.717) is 29.5 Å². The highest BCUT2D eigenvalue weighted by molar-refractivity contribution is 6.50. The Morgan fingerprint density at radius 3 is 2.65 bits per heavy atom. The van der Waals surface area contributed by atoms with E-state index in [1.807, 2.05) is 19.1 Å². The molecule has 0 bridgehead atoms. The molecule has 0 aliphatic rings. The normalized spacial score (nSPS) is 11.5. The first-order chi connectivity index (χ1) is 12.6. The molecule has 134 valence electrons. The molecule has 26 heavy (non-hydrogen) atoms. The van der Waals surface area contributed by atoms with Gasteiger partial charge in [-0.15, -0.1) is 0 Å². The SMILES string of the molecule is CCOc1cc(/C=C(\Cl)c2nc(-c3ccc(F)cc3)no2)ccc1OC. The van der Waals surface area contributed by atoms with Gasteiger partial charge in [0.1, 0.15) is 10.8 Å². The van der Waals surface area contributed by atoms with Gasteiger partial charge in [0.15, 0.2) is 11.5 Å². The molecule has 0 aliphatic carbocycles. The van der Waals surface area contributed by atoms with E-state index in [1.54, 1.807) is 31.4 Å². The summed E-state index contributed by atoms with van der Waals surface area (Å²) in [7, 11) is 1.58. The van der Waals surface area contributed by atoms with Gasteiger partial charge in [0, 0.05) is 5.56 Å². The molecule has 3 rings (SSSR count). The summed E-state index contributed by atoms with van der Waals surface area (Å²) < 4.78 is 29.0. The minimum atomic E-state index is -0.333. The average molecular weight is 375 g/mol. The maximum atomic E-state index is 13.0. The van der Waals surface area contributed by atoms with Crippen LogP contribution in [-0.2, 0) is 0 Å². The molecule has 0 saturated heterocycles. The van der Waals surface area contributed by atoms with Crippen LogP contribution < -0.4 is 9.47 Å². The molecule has 5 nitrogen and oxygen atoms in total. The zero-order valence-corrected chi connectivity index (χ0v) is 15.0. The Hall–Kier alpha value is -2.86. The van der Waals surface area contributed by atoms with Gasteiger partial charge in [0.25, 0.3) is 5.89 Å². The molecular formula is C19H16ClFN2O3. The van der Waals surface area contributed by atoms with Crippen LogP contribution in [0.25, 0.3) is 22.5 Å². The van der Waals surface area contributed by atoms with Gasteiger partial charge < -0.3 is 14.0 Å². The largest absolute Gasteiger partial charge is 0.493 e. The van der Waals surface area contributed by atoms with E-state index in [9.17, 15) is 4.39 Å². The van der Waals surface area contributed by atoms with Gasteiger partial charge in [0.05, 0.1) is 13.7 Å². The zero-order valence-electron chi connectivity index (χ0n) is 14.2. The third-order valence-corrected chi connectivity index (χ3v) is 3.78. The lowest BCUT2D eigenvalue weighted by atomic mass is 10.2. The van der Waals surface area contributed by atoms with E-state index in [0.717, 1.165) is 5.56 Å².